The molecule has 5 rings (SSSR count). The Hall–Kier alpha value is -3.23. The van der Waals surface area contributed by atoms with Crippen molar-refractivity contribution in [1.82, 2.24) is 14.9 Å². The van der Waals surface area contributed by atoms with Crippen molar-refractivity contribution in [3.05, 3.63) is 87.0 Å². The van der Waals surface area contributed by atoms with Crippen LogP contribution in [0.2, 0.25) is 0 Å². The lowest BCUT2D eigenvalue weighted by molar-refractivity contribution is 0.102. The molecule has 0 fully saturated rings. The van der Waals surface area contributed by atoms with E-state index in [9.17, 15) is 13.6 Å². The minimum absolute atomic E-state index is 0.203. The van der Waals surface area contributed by atoms with E-state index < -0.39 is 11.6 Å². The van der Waals surface area contributed by atoms with Crippen LogP contribution in [-0.2, 0) is 19.5 Å². The summed E-state index contributed by atoms with van der Waals surface area (Å²) < 4.78 is 27.0. The van der Waals surface area contributed by atoms with Gasteiger partial charge in [-0.05, 0) is 25.1 Å². The highest BCUT2D eigenvalue weighted by atomic mass is 32.1. The predicted octanol–water partition coefficient (Wildman–Crippen LogP) is 5.09. The molecule has 1 amide bonds. The molecule has 32 heavy (non-hydrogen) atoms. The Bertz CT molecular complexity index is 1340. The van der Waals surface area contributed by atoms with Crippen molar-refractivity contribution in [2.45, 2.75) is 26.4 Å². The molecule has 0 radical (unpaired) electrons. The maximum absolute atomic E-state index is 13.7. The molecule has 4 aromatic rings. The van der Waals surface area contributed by atoms with Crippen molar-refractivity contribution < 1.29 is 13.6 Å². The van der Waals surface area contributed by atoms with Crippen LogP contribution >= 0.6 is 11.3 Å². The number of aryl methyl sites for hydroxylation is 1. The summed E-state index contributed by atoms with van der Waals surface area (Å²) in [5, 5.41) is 6.55. The van der Waals surface area contributed by atoms with Crippen molar-refractivity contribution >= 4 is 33.8 Å². The van der Waals surface area contributed by atoms with Crippen molar-refractivity contribution in [3.8, 4) is 0 Å². The molecule has 0 aliphatic carbocycles. The fourth-order valence-electron chi connectivity index (χ4n) is 4.12. The van der Waals surface area contributed by atoms with Crippen LogP contribution in [0.1, 0.15) is 32.3 Å². The van der Waals surface area contributed by atoms with E-state index in [4.69, 9.17) is 4.98 Å². The average Bonchev–Trinajstić information content (AvgIpc) is 3.19. The van der Waals surface area contributed by atoms with Gasteiger partial charge >= 0.3 is 0 Å². The normalized spacial score (nSPS) is 13.8. The van der Waals surface area contributed by atoms with Crippen molar-refractivity contribution in [2.24, 2.45) is 0 Å². The van der Waals surface area contributed by atoms with Crippen molar-refractivity contribution in [1.29, 1.82) is 0 Å². The van der Waals surface area contributed by atoms with E-state index in [-0.39, 0.29) is 11.6 Å². The summed E-state index contributed by atoms with van der Waals surface area (Å²) in [6, 6.07) is 10.8. The zero-order valence-electron chi connectivity index (χ0n) is 17.4. The van der Waals surface area contributed by atoms with E-state index in [0.29, 0.717) is 18.7 Å². The van der Waals surface area contributed by atoms with Crippen molar-refractivity contribution in [3.63, 3.8) is 0 Å². The predicted molar refractivity (Wildman–Crippen MR) is 121 cm³/mol. The number of carbonyl (C=O) groups excluding carboxylic acids is 1. The molecule has 162 valence electrons. The number of anilines is 1. The van der Waals surface area contributed by atoms with Crippen LogP contribution in [0.15, 0.2) is 47.8 Å². The smallest absolute Gasteiger partial charge is 0.256 e. The largest absolute Gasteiger partial charge is 0.322 e. The second-order valence-corrected chi connectivity index (χ2v) is 8.89. The fourth-order valence-corrected chi connectivity index (χ4v) is 4.72. The third-order valence-corrected chi connectivity index (χ3v) is 6.40. The molecule has 1 N–H and O–H groups in total. The number of hydrogen-bond acceptors (Lipinski definition) is 5. The first-order chi connectivity index (χ1) is 15.5. The van der Waals surface area contributed by atoms with Gasteiger partial charge in [0.25, 0.3) is 5.91 Å². The van der Waals surface area contributed by atoms with Crippen LogP contribution in [-0.4, -0.2) is 27.3 Å². The molecule has 3 heterocycles. The Morgan fingerprint density at radius 1 is 1.16 bits per heavy atom. The zero-order chi connectivity index (χ0) is 22.2. The van der Waals surface area contributed by atoms with E-state index in [0.717, 1.165) is 58.0 Å². The topological polar surface area (TPSA) is 58.1 Å². The second-order valence-electron chi connectivity index (χ2n) is 7.83. The highest BCUT2D eigenvalue weighted by Gasteiger charge is 2.26. The van der Waals surface area contributed by atoms with Gasteiger partial charge in [-0.15, -0.1) is 11.3 Å². The number of hydrogen-bond donors (Lipinski definition) is 1. The first kappa shape index (κ1) is 20.7. The zero-order valence-corrected chi connectivity index (χ0v) is 18.2. The number of rotatable bonds is 4. The lowest BCUT2D eigenvalue weighted by atomic mass is 9.95. The SMILES string of the molecule is Cc1nc(CN2CCc3nc4ccccc4c(C(=O)Nc4ccc(F)c(F)c4)c3C2)cs1. The standard InChI is InChI=1S/C24H20F2N4OS/c1-14-27-16(13-32-14)11-30-9-8-22-18(12-30)23(17-4-2-3-5-21(17)29-22)24(31)28-15-6-7-19(25)20(26)10-15/h2-7,10,13H,8-9,11-12H2,1H3,(H,28,31). The molecule has 0 bridgehead atoms. The van der Waals surface area contributed by atoms with E-state index in [1.165, 1.54) is 6.07 Å². The maximum atomic E-state index is 13.7. The van der Waals surface area contributed by atoms with E-state index in [2.05, 4.69) is 20.6 Å². The van der Waals surface area contributed by atoms with E-state index in [1.807, 2.05) is 31.2 Å². The van der Waals surface area contributed by atoms with E-state index >= 15 is 0 Å². The summed E-state index contributed by atoms with van der Waals surface area (Å²) in [6.07, 6.45) is 0.717. The van der Waals surface area contributed by atoms with Gasteiger partial charge in [-0.1, -0.05) is 18.2 Å². The van der Waals surface area contributed by atoms with Gasteiger partial charge in [-0.2, -0.15) is 0 Å². The van der Waals surface area contributed by atoms with Gasteiger partial charge in [0.2, 0.25) is 0 Å². The monoisotopic (exact) mass is 450 g/mol. The summed E-state index contributed by atoms with van der Waals surface area (Å²) in [6.45, 7) is 4.06. The van der Waals surface area contributed by atoms with Crippen LogP contribution in [0.5, 0.6) is 0 Å². The Balaban J connectivity index is 1.52. The number of nitrogens with one attached hydrogen (secondary N) is 1. The Labute approximate surface area is 187 Å². The van der Waals surface area contributed by atoms with Gasteiger partial charge in [0, 0.05) is 59.8 Å². The van der Waals surface area contributed by atoms with Gasteiger partial charge in [0.1, 0.15) is 0 Å². The number of para-hydroxylation sites is 1. The fraction of sp³-hybridized carbons (Fsp3) is 0.208. The van der Waals surface area contributed by atoms with Gasteiger partial charge < -0.3 is 5.32 Å². The molecule has 0 saturated heterocycles. The molecule has 8 heteroatoms. The van der Waals surface area contributed by atoms with Crippen LogP contribution in [0.3, 0.4) is 0 Å². The number of amides is 1. The molecule has 1 aliphatic heterocycles. The lowest BCUT2D eigenvalue weighted by Crippen LogP contribution is -2.33. The second kappa shape index (κ2) is 8.37. The first-order valence-corrected chi connectivity index (χ1v) is 11.2. The molecule has 0 saturated carbocycles. The number of pyridine rings is 1. The number of carbonyl (C=O) groups is 1. The Morgan fingerprint density at radius 3 is 2.78 bits per heavy atom. The molecule has 2 aromatic carbocycles. The molecule has 5 nitrogen and oxygen atoms in total. The molecule has 0 unspecified atom stereocenters. The number of thiazole rings is 1. The third kappa shape index (κ3) is 3.99. The number of fused-ring (bicyclic) bond motifs is 2. The molecule has 0 atom stereocenters. The molecular formula is C24H20F2N4OS. The third-order valence-electron chi connectivity index (χ3n) is 5.58. The Morgan fingerprint density at radius 2 is 2.00 bits per heavy atom. The highest BCUT2D eigenvalue weighted by molar-refractivity contribution is 7.09. The summed E-state index contributed by atoms with van der Waals surface area (Å²) in [5.41, 5.74) is 4.23. The summed E-state index contributed by atoms with van der Waals surface area (Å²) in [4.78, 5) is 25.0. The minimum Gasteiger partial charge on any atom is -0.322 e. The minimum atomic E-state index is -1.01. The van der Waals surface area contributed by atoms with Crippen LogP contribution < -0.4 is 5.32 Å². The Kier molecular flexibility index (Phi) is 5.40. The van der Waals surface area contributed by atoms with Crippen molar-refractivity contribution in [2.75, 3.05) is 11.9 Å². The van der Waals surface area contributed by atoms with Gasteiger partial charge in [-0.3, -0.25) is 14.7 Å². The molecule has 1 aliphatic rings. The van der Waals surface area contributed by atoms with Crippen LogP contribution in [0.25, 0.3) is 10.9 Å². The van der Waals surface area contributed by atoms with Crippen LogP contribution in [0.4, 0.5) is 14.5 Å². The number of nitrogens with zero attached hydrogens (tertiary/aromatic N) is 3. The quantitative estimate of drug-likeness (QED) is 0.471. The summed E-state index contributed by atoms with van der Waals surface area (Å²) in [7, 11) is 0. The van der Waals surface area contributed by atoms with Crippen LogP contribution in [0, 0.1) is 18.6 Å². The number of aromatic nitrogens is 2. The van der Waals surface area contributed by atoms with Gasteiger partial charge in [0.05, 0.1) is 21.8 Å². The molecule has 2 aromatic heterocycles. The van der Waals surface area contributed by atoms with E-state index in [1.54, 1.807) is 11.3 Å². The number of benzene rings is 2. The summed E-state index contributed by atoms with van der Waals surface area (Å²) >= 11 is 1.62. The molecular weight excluding hydrogens is 430 g/mol. The van der Waals surface area contributed by atoms with Gasteiger partial charge in [0.15, 0.2) is 11.6 Å². The maximum Gasteiger partial charge on any atom is 0.256 e. The van der Waals surface area contributed by atoms with Gasteiger partial charge in [-0.25, -0.2) is 13.8 Å². The highest BCUT2D eigenvalue weighted by Crippen LogP contribution is 2.30. The number of halogens is 2. The first-order valence-electron chi connectivity index (χ1n) is 10.3. The lowest BCUT2D eigenvalue weighted by Gasteiger charge is -2.29. The molecule has 0 spiro atoms. The average molecular weight is 451 g/mol. The summed E-state index contributed by atoms with van der Waals surface area (Å²) in [5.74, 6) is -2.32.